The highest BCUT2D eigenvalue weighted by molar-refractivity contribution is 6.41. The van der Waals surface area contributed by atoms with Gasteiger partial charge in [0.25, 0.3) is 5.91 Å². The normalized spacial score (nSPS) is 15.4. The smallest absolute Gasteiger partial charge is 0.326 e. The van der Waals surface area contributed by atoms with Crippen molar-refractivity contribution in [1.82, 2.24) is 10.2 Å². The number of hydrogen-bond donors (Lipinski definition) is 4. The first-order valence-corrected chi connectivity index (χ1v) is 10.6. The van der Waals surface area contributed by atoms with Crippen molar-refractivity contribution in [3.05, 3.63) is 0 Å². The number of nitrogens with two attached hydrogens (primary N) is 2. The summed E-state index contributed by atoms with van der Waals surface area (Å²) in [7, 11) is 0. The van der Waals surface area contributed by atoms with Crippen molar-refractivity contribution in [3.63, 3.8) is 0 Å². The summed E-state index contributed by atoms with van der Waals surface area (Å²) >= 11 is 0. The van der Waals surface area contributed by atoms with Gasteiger partial charge in [-0.2, -0.15) is 0 Å². The zero-order valence-corrected chi connectivity index (χ0v) is 19.5. The van der Waals surface area contributed by atoms with E-state index in [9.17, 15) is 29.1 Å². The van der Waals surface area contributed by atoms with Gasteiger partial charge in [0.1, 0.15) is 12.1 Å². The van der Waals surface area contributed by atoms with E-state index in [1.54, 1.807) is 48.5 Å². The Morgan fingerprint density at radius 3 is 1.81 bits per heavy atom. The van der Waals surface area contributed by atoms with Gasteiger partial charge in [0.2, 0.25) is 17.6 Å². The third-order valence-electron chi connectivity index (χ3n) is 4.99. The predicted octanol–water partition coefficient (Wildman–Crippen LogP) is 0.271. The van der Waals surface area contributed by atoms with Crippen LogP contribution in [0.4, 0.5) is 0 Å². The van der Waals surface area contributed by atoms with Crippen LogP contribution in [0.2, 0.25) is 0 Å². The monoisotopic (exact) mass is 442 g/mol. The van der Waals surface area contributed by atoms with Gasteiger partial charge < -0.3 is 21.9 Å². The number of imide groups is 1. The number of Topliss-reactive ketones (excluding diaryl/α,β-unsaturated/α-hetero) is 1. The number of aliphatic carboxylic acids is 1. The SMILES string of the molecule is CCC(N)C(=O)C(=O)N(C(=O)[C@@H](N)C(C)C)[C@H](CC(C)C)C(=O)N[C@H](C(=O)O)C(C)C. The summed E-state index contributed by atoms with van der Waals surface area (Å²) < 4.78 is 0. The molecule has 0 aliphatic carbocycles. The van der Waals surface area contributed by atoms with Crippen LogP contribution in [0.15, 0.2) is 0 Å². The molecule has 10 heteroatoms. The molecule has 31 heavy (non-hydrogen) atoms. The number of carbonyl (C=O) groups excluding carboxylic acids is 4. The van der Waals surface area contributed by atoms with Crippen molar-refractivity contribution in [1.29, 1.82) is 0 Å². The van der Waals surface area contributed by atoms with E-state index in [1.165, 1.54) is 0 Å². The van der Waals surface area contributed by atoms with Gasteiger partial charge in [-0.05, 0) is 30.6 Å². The molecule has 0 rings (SSSR count). The van der Waals surface area contributed by atoms with Crippen molar-refractivity contribution in [2.45, 2.75) is 85.5 Å². The molecule has 1 unspecified atom stereocenters. The van der Waals surface area contributed by atoms with Crippen molar-refractivity contribution in [2.24, 2.45) is 29.2 Å². The lowest BCUT2D eigenvalue weighted by Gasteiger charge is -2.34. The van der Waals surface area contributed by atoms with E-state index in [0.717, 1.165) is 0 Å². The first-order valence-electron chi connectivity index (χ1n) is 10.6. The van der Waals surface area contributed by atoms with Crippen LogP contribution in [0.3, 0.4) is 0 Å². The largest absolute Gasteiger partial charge is 0.480 e. The number of nitrogens with zero attached hydrogens (tertiary/aromatic N) is 1. The van der Waals surface area contributed by atoms with Gasteiger partial charge in [-0.1, -0.05) is 48.5 Å². The standard InChI is InChI=1S/C21H38N4O6/c1-8-13(22)17(26)20(29)25(19(28)15(23)11(4)5)14(9-10(2)3)18(27)24-16(12(6)7)21(30)31/h10-16H,8-9,22-23H2,1-7H3,(H,24,27)(H,30,31)/t13?,14-,15+,16+/m1/s1. The molecular weight excluding hydrogens is 404 g/mol. The number of carboxylic acids is 1. The van der Waals surface area contributed by atoms with Crippen molar-refractivity contribution in [3.8, 4) is 0 Å². The fraction of sp³-hybridized carbons (Fsp3) is 0.762. The third kappa shape index (κ3) is 8.02. The van der Waals surface area contributed by atoms with Gasteiger partial charge in [-0.3, -0.25) is 24.1 Å². The van der Waals surface area contributed by atoms with Gasteiger partial charge in [0.15, 0.2) is 0 Å². The number of ketones is 1. The third-order valence-corrected chi connectivity index (χ3v) is 4.99. The highest BCUT2D eigenvalue weighted by atomic mass is 16.4. The number of carboxylic acid groups (broad SMARTS) is 1. The van der Waals surface area contributed by atoms with E-state index in [-0.39, 0.29) is 24.7 Å². The molecule has 0 saturated heterocycles. The molecule has 0 bridgehead atoms. The van der Waals surface area contributed by atoms with Crippen LogP contribution in [0, 0.1) is 17.8 Å². The highest BCUT2D eigenvalue weighted by Gasteiger charge is 2.42. The summed E-state index contributed by atoms with van der Waals surface area (Å²) in [4.78, 5) is 63.9. The second-order valence-electron chi connectivity index (χ2n) is 8.88. The van der Waals surface area contributed by atoms with Gasteiger partial charge in [-0.15, -0.1) is 0 Å². The molecule has 6 N–H and O–H groups in total. The molecule has 178 valence electrons. The molecule has 0 radical (unpaired) electrons. The van der Waals surface area contributed by atoms with Gasteiger partial charge in [-0.25, -0.2) is 4.79 Å². The Morgan fingerprint density at radius 1 is 0.935 bits per heavy atom. The average molecular weight is 443 g/mol. The Labute approximate surface area is 184 Å². The molecule has 10 nitrogen and oxygen atoms in total. The van der Waals surface area contributed by atoms with E-state index in [0.29, 0.717) is 4.90 Å². The first-order chi connectivity index (χ1) is 14.2. The Hall–Kier alpha value is -2.33. The lowest BCUT2D eigenvalue weighted by atomic mass is 9.96. The van der Waals surface area contributed by atoms with Crippen LogP contribution < -0.4 is 16.8 Å². The van der Waals surface area contributed by atoms with E-state index in [2.05, 4.69) is 5.32 Å². The summed E-state index contributed by atoms with van der Waals surface area (Å²) in [6.07, 6.45) is 0.186. The van der Waals surface area contributed by atoms with Crippen LogP contribution in [0.1, 0.15) is 61.3 Å². The van der Waals surface area contributed by atoms with Gasteiger partial charge in [0.05, 0.1) is 12.1 Å². The summed E-state index contributed by atoms with van der Waals surface area (Å²) in [5, 5.41) is 11.8. The maximum Gasteiger partial charge on any atom is 0.326 e. The first kappa shape index (κ1) is 28.7. The number of nitrogens with one attached hydrogen (secondary N) is 1. The van der Waals surface area contributed by atoms with Crippen LogP contribution >= 0.6 is 0 Å². The van der Waals surface area contributed by atoms with Crippen LogP contribution in [0.5, 0.6) is 0 Å². The van der Waals surface area contributed by atoms with Gasteiger partial charge >= 0.3 is 5.97 Å². The molecule has 3 amide bonds. The quantitative estimate of drug-likeness (QED) is 0.312. The molecule has 0 heterocycles. The van der Waals surface area contributed by atoms with Crippen molar-refractivity contribution in [2.75, 3.05) is 0 Å². The van der Waals surface area contributed by atoms with E-state index < -0.39 is 59.6 Å². The molecule has 0 fully saturated rings. The average Bonchev–Trinajstić information content (AvgIpc) is 2.67. The molecule has 0 aliphatic heterocycles. The number of amides is 3. The van der Waals surface area contributed by atoms with Crippen molar-refractivity contribution < 1.29 is 29.1 Å². The lowest BCUT2D eigenvalue weighted by molar-refractivity contribution is -0.159. The molecule has 0 aromatic heterocycles. The number of rotatable bonds is 12. The fourth-order valence-corrected chi connectivity index (χ4v) is 2.84. The zero-order chi connectivity index (χ0) is 24.6. The maximum absolute atomic E-state index is 13.1. The summed E-state index contributed by atoms with van der Waals surface area (Å²) in [5.74, 6) is -6.18. The Kier molecular flexibility index (Phi) is 11.6. The Bertz CT molecular complexity index is 677. The minimum absolute atomic E-state index is 0.0210. The molecule has 0 aromatic carbocycles. The number of carbonyl (C=O) groups is 5. The molecule has 0 saturated carbocycles. The molecule has 0 aliphatic rings. The second-order valence-corrected chi connectivity index (χ2v) is 8.88. The minimum atomic E-state index is -1.40. The van der Waals surface area contributed by atoms with Crippen LogP contribution in [0.25, 0.3) is 0 Å². The lowest BCUT2D eigenvalue weighted by Crippen LogP contribution is -2.62. The second kappa shape index (κ2) is 12.5. The van der Waals surface area contributed by atoms with Crippen LogP contribution in [-0.4, -0.2) is 63.6 Å². The van der Waals surface area contributed by atoms with E-state index >= 15 is 0 Å². The maximum atomic E-state index is 13.1. The summed E-state index contributed by atoms with van der Waals surface area (Å²) in [5.41, 5.74) is 11.7. The molecule has 0 aromatic rings. The predicted molar refractivity (Wildman–Crippen MR) is 116 cm³/mol. The molecular formula is C21H38N4O6. The fourth-order valence-electron chi connectivity index (χ4n) is 2.84. The van der Waals surface area contributed by atoms with E-state index in [4.69, 9.17) is 11.5 Å². The Morgan fingerprint density at radius 2 is 1.45 bits per heavy atom. The minimum Gasteiger partial charge on any atom is -0.480 e. The van der Waals surface area contributed by atoms with Gasteiger partial charge in [0, 0.05) is 0 Å². The summed E-state index contributed by atoms with van der Waals surface area (Å²) in [6, 6.07) is -4.92. The zero-order valence-electron chi connectivity index (χ0n) is 19.5. The Balaban J connectivity index is 6.37. The molecule has 0 spiro atoms. The topological polar surface area (TPSA) is 173 Å². The summed E-state index contributed by atoms with van der Waals surface area (Å²) in [6.45, 7) is 11.7. The highest BCUT2D eigenvalue weighted by Crippen LogP contribution is 2.18. The molecule has 4 atom stereocenters. The van der Waals surface area contributed by atoms with E-state index in [1.807, 2.05) is 0 Å². The number of hydrogen-bond acceptors (Lipinski definition) is 7. The van der Waals surface area contributed by atoms with Crippen molar-refractivity contribution >= 4 is 29.5 Å². The van der Waals surface area contributed by atoms with Crippen LogP contribution in [-0.2, 0) is 24.0 Å².